The minimum Gasteiger partial charge on any atom is -0.336 e. The molecule has 26 heavy (non-hydrogen) atoms. The molecule has 5 rings (SSSR count). The molecule has 8 nitrogen and oxygen atoms in total. The molecule has 0 saturated heterocycles. The second-order valence-corrected chi connectivity index (χ2v) is 6.25. The van der Waals surface area contributed by atoms with E-state index in [1.807, 2.05) is 0 Å². The lowest BCUT2D eigenvalue weighted by Gasteiger charge is -2.12. The van der Waals surface area contributed by atoms with Gasteiger partial charge in [0.25, 0.3) is 17.5 Å². The van der Waals surface area contributed by atoms with E-state index in [9.17, 15) is 14.4 Å². The van der Waals surface area contributed by atoms with Crippen LogP contribution < -0.4 is 0 Å². The lowest BCUT2D eigenvalue weighted by molar-refractivity contribution is -0.0584. The molecule has 2 aliphatic rings. The predicted octanol–water partition coefficient (Wildman–Crippen LogP) is 2.47. The number of carbonyl (C=O) groups excluding carboxylic acids is 3. The maximum absolute atomic E-state index is 12.4. The van der Waals surface area contributed by atoms with Gasteiger partial charge in [0.2, 0.25) is 0 Å². The Kier molecular flexibility index (Phi) is 2.96. The van der Waals surface area contributed by atoms with Gasteiger partial charge in [-0.25, -0.2) is 9.78 Å². The number of carbonyl (C=O) groups is 3. The molecule has 0 unspecified atom stereocenters. The van der Waals surface area contributed by atoms with E-state index in [1.54, 1.807) is 18.2 Å². The monoisotopic (exact) mass is 349 g/mol. The Balaban J connectivity index is 1.44. The van der Waals surface area contributed by atoms with Crippen molar-refractivity contribution in [2.75, 3.05) is 0 Å². The van der Waals surface area contributed by atoms with Crippen molar-refractivity contribution in [2.24, 2.45) is 0 Å². The van der Waals surface area contributed by atoms with E-state index in [0.717, 1.165) is 18.5 Å². The Morgan fingerprint density at radius 3 is 2.50 bits per heavy atom. The number of hydrogen-bond acceptors (Lipinski definition) is 7. The molecule has 1 fully saturated rings. The summed E-state index contributed by atoms with van der Waals surface area (Å²) in [5.74, 6) is -1.87. The van der Waals surface area contributed by atoms with Crippen molar-refractivity contribution in [3.63, 3.8) is 0 Å². The highest BCUT2D eigenvalue weighted by Crippen LogP contribution is 2.42. The number of aromatic nitrogens is 2. The zero-order valence-corrected chi connectivity index (χ0v) is 13.3. The second kappa shape index (κ2) is 5.22. The van der Waals surface area contributed by atoms with E-state index in [4.69, 9.17) is 9.36 Å². The highest BCUT2D eigenvalue weighted by Gasteiger charge is 2.39. The fraction of sp³-hybridized carbons (Fsp3) is 0.167. The summed E-state index contributed by atoms with van der Waals surface area (Å²) in [4.78, 5) is 46.1. The summed E-state index contributed by atoms with van der Waals surface area (Å²) in [6, 6.07) is 7.86. The van der Waals surface area contributed by atoms with Gasteiger partial charge in [-0.2, -0.15) is 0 Å². The molecule has 1 aliphatic carbocycles. The van der Waals surface area contributed by atoms with Crippen molar-refractivity contribution in [1.82, 2.24) is 15.2 Å². The van der Waals surface area contributed by atoms with Crippen LogP contribution >= 0.6 is 0 Å². The number of hydroxylamine groups is 2. The molecule has 8 heteroatoms. The third kappa shape index (κ3) is 2.12. The summed E-state index contributed by atoms with van der Waals surface area (Å²) in [6.45, 7) is 0. The fourth-order valence-electron chi connectivity index (χ4n) is 3.00. The molecule has 3 heterocycles. The van der Waals surface area contributed by atoms with Gasteiger partial charge in [-0.3, -0.25) is 9.59 Å². The smallest absolute Gasteiger partial charge is 0.336 e. The summed E-state index contributed by atoms with van der Waals surface area (Å²) in [5.41, 5.74) is 1.62. The average Bonchev–Trinajstić information content (AvgIpc) is 3.38. The number of fused-ring (bicyclic) bond motifs is 2. The first-order valence-corrected chi connectivity index (χ1v) is 8.09. The molecule has 0 radical (unpaired) electrons. The highest BCUT2D eigenvalue weighted by atomic mass is 16.7. The quantitative estimate of drug-likeness (QED) is 0.669. The number of imide groups is 1. The van der Waals surface area contributed by atoms with E-state index in [-0.39, 0.29) is 16.7 Å². The molecule has 0 spiro atoms. The standard InChI is InChI=1S/C18H11N3O5/c22-16-11-3-1-2-4-12(11)17(23)21(16)26-18(24)10-7-13-14(9-5-6-9)20-25-15(13)19-8-10/h1-4,7-9H,5-6H2. The molecule has 1 aliphatic heterocycles. The first-order chi connectivity index (χ1) is 12.6. The van der Waals surface area contributed by atoms with Crippen molar-refractivity contribution in [3.8, 4) is 0 Å². The van der Waals surface area contributed by atoms with Crippen LogP contribution in [0.25, 0.3) is 11.1 Å². The maximum atomic E-state index is 12.4. The molecule has 3 aromatic rings. The largest absolute Gasteiger partial charge is 0.365 e. The molecule has 1 aromatic carbocycles. The van der Waals surface area contributed by atoms with Crippen LogP contribution in [0.2, 0.25) is 0 Å². The molecule has 2 aromatic heterocycles. The molecule has 1 saturated carbocycles. The van der Waals surface area contributed by atoms with Crippen LogP contribution in [0.1, 0.15) is 55.5 Å². The number of rotatable bonds is 3. The normalized spacial score (nSPS) is 16.2. The third-order valence-electron chi connectivity index (χ3n) is 4.49. The van der Waals surface area contributed by atoms with Crippen LogP contribution in [0, 0.1) is 0 Å². The lowest BCUT2D eigenvalue weighted by atomic mass is 10.1. The third-order valence-corrected chi connectivity index (χ3v) is 4.49. The minimum atomic E-state index is -0.850. The van der Waals surface area contributed by atoms with Gasteiger partial charge < -0.3 is 9.36 Å². The number of nitrogens with zero attached hydrogens (tertiary/aromatic N) is 3. The first-order valence-electron chi connectivity index (χ1n) is 8.09. The molecule has 0 bridgehead atoms. The van der Waals surface area contributed by atoms with Crippen molar-refractivity contribution < 1.29 is 23.7 Å². The number of hydrogen-bond donors (Lipinski definition) is 0. The molecule has 2 amide bonds. The Labute approximate surface area is 146 Å². The summed E-state index contributed by atoms with van der Waals surface area (Å²) in [6.07, 6.45) is 3.31. The first kappa shape index (κ1) is 14.8. The van der Waals surface area contributed by atoms with Crippen LogP contribution in [-0.4, -0.2) is 33.0 Å². The van der Waals surface area contributed by atoms with Gasteiger partial charge >= 0.3 is 5.97 Å². The molecular formula is C18H11N3O5. The topological polar surface area (TPSA) is 103 Å². The minimum absolute atomic E-state index is 0.110. The van der Waals surface area contributed by atoms with Crippen molar-refractivity contribution >= 4 is 28.9 Å². The van der Waals surface area contributed by atoms with Gasteiger partial charge in [0.05, 0.1) is 27.8 Å². The summed E-state index contributed by atoms with van der Waals surface area (Å²) in [5, 5.41) is 5.13. The molecule has 0 atom stereocenters. The Hall–Kier alpha value is -3.55. The van der Waals surface area contributed by atoms with Crippen molar-refractivity contribution in [2.45, 2.75) is 18.8 Å². The molecule has 128 valence electrons. The van der Waals surface area contributed by atoms with Gasteiger partial charge in [0, 0.05) is 12.1 Å². The summed E-state index contributed by atoms with van der Waals surface area (Å²) < 4.78 is 5.16. The van der Waals surface area contributed by atoms with E-state index < -0.39 is 17.8 Å². The van der Waals surface area contributed by atoms with Gasteiger partial charge in [-0.1, -0.05) is 22.4 Å². The number of amides is 2. The van der Waals surface area contributed by atoms with Crippen LogP contribution in [0.15, 0.2) is 41.1 Å². The SMILES string of the molecule is O=C(ON1C(=O)c2ccccc2C1=O)c1cnc2onc(C3CC3)c2c1. The van der Waals surface area contributed by atoms with Gasteiger partial charge in [0.15, 0.2) is 0 Å². The van der Waals surface area contributed by atoms with Crippen LogP contribution in [0.5, 0.6) is 0 Å². The molecular weight excluding hydrogens is 338 g/mol. The Morgan fingerprint density at radius 2 is 1.85 bits per heavy atom. The van der Waals surface area contributed by atoms with Crippen molar-refractivity contribution in [1.29, 1.82) is 0 Å². The van der Waals surface area contributed by atoms with Gasteiger partial charge in [-0.15, -0.1) is 0 Å². The van der Waals surface area contributed by atoms with Crippen LogP contribution in [-0.2, 0) is 4.84 Å². The molecule has 0 N–H and O–H groups in total. The van der Waals surface area contributed by atoms with E-state index >= 15 is 0 Å². The Morgan fingerprint density at radius 1 is 1.15 bits per heavy atom. The summed E-state index contributed by atoms with van der Waals surface area (Å²) >= 11 is 0. The summed E-state index contributed by atoms with van der Waals surface area (Å²) in [7, 11) is 0. The van der Waals surface area contributed by atoms with Gasteiger partial charge in [0.1, 0.15) is 0 Å². The highest BCUT2D eigenvalue weighted by molar-refractivity contribution is 6.21. The van der Waals surface area contributed by atoms with Crippen LogP contribution in [0.3, 0.4) is 0 Å². The second-order valence-electron chi connectivity index (χ2n) is 6.25. The number of pyridine rings is 1. The zero-order valence-electron chi connectivity index (χ0n) is 13.3. The number of benzene rings is 1. The maximum Gasteiger partial charge on any atom is 0.365 e. The zero-order chi connectivity index (χ0) is 17.8. The van der Waals surface area contributed by atoms with E-state index in [1.165, 1.54) is 18.3 Å². The van der Waals surface area contributed by atoms with Gasteiger partial charge in [-0.05, 0) is 31.0 Å². The van der Waals surface area contributed by atoms with E-state index in [2.05, 4.69) is 10.1 Å². The lowest BCUT2D eigenvalue weighted by Crippen LogP contribution is -2.32. The average molecular weight is 349 g/mol. The Bertz CT molecular complexity index is 1060. The van der Waals surface area contributed by atoms with Crippen LogP contribution in [0.4, 0.5) is 0 Å². The fourth-order valence-corrected chi connectivity index (χ4v) is 3.00. The van der Waals surface area contributed by atoms with Crippen molar-refractivity contribution in [3.05, 3.63) is 58.9 Å². The van der Waals surface area contributed by atoms with E-state index in [0.29, 0.717) is 22.1 Å². The predicted molar refractivity (Wildman–Crippen MR) is 86.1 cm³/mol.